The standard InChI is InChI=1S/C11H12BrClN2O/c12-15-6-4-14(5-7-15)11-3-1-2-10(13)9(11)8-16/h1-3,8H,4-7H2. The van der Waals surface area contributed by atoms with E-state index in [1.165, 1.54) is 0 Å². The molecule has 0 aliphatic carbocycles. The molecular weight excluding hydrogens is 291 g/mol. The van der Waals surface area contributed by atoms with Gasteiger partial charge in [-0.2, -0.15) is 0 Å². The molecule has 0 atom stereocenters. The van der Waals surface area contributed by atoms with E-state index in [4.69, 9.17) is 11.6 Å². The van der Waals surface area contributed by atoms with Gasteiger partial charge >= 0.3 is 0 Å². The number of halogens is 2. The summed E-state index contributed by atoms with van der Waals surface area (Å²) in [6.07, 6.45) is 0.832. The van der Waals surface area contributed by atoms with Crippen molar-refractivity contribution in [1.82, 2.24) is 3.93 Å². The monoisotopic (exact) mass is 302 g/mol. The van der Waals surface area contributed by atoms with Crippen molar-refractivity contribution in [3.05, 3.63) is 28.8 Å². The summed E-state index contributed by atoms with van der Waals surface area (Å²) in [6.45, 7) is 3.66. The predicted molar refractivity (Wildman–Crippen MR) is 69.6 cm³/mol. The first kappa shape index (κ1) is 11.9. The van der Waals surface area contributed by atoms with Crippen LogP contribution in [-0.4, -0.2) is 36.4 Å². The van der Waals surface area contributed by atoms with Crippen molar-refractivity contribution in [3.8, 4) is 0 Å². The number of benzene rings is 1. The van der Waals surface area contributed by atoms with E-state index >= 15 is 0 Å². The highest BCUT2D eigenvalue weighted by Crippen LogP contribution is 2.27. The Morgan fingerprint density at radius 3 is 2.56 bits per heavy atom. The van der Waals surface area contributed by atoms with Crippen LogP contribution in [0.25, 0.3) is 0 Å². The Kier molecular flexibility index (Phi) is 3.84. The van der Waals surface area contributed by atoms with Crippen molar-refractivity contribution < 1.29 is 4.79 Å². The summed E-state index contributed by atoms with van der Waals surface area (Å²) >= 11 is 9.45. The number of nitrogens with zero attached hydrogens (tertiary/aromatic N) is 2. The smallest absolute Gasteiger partial charge is 0.153 e. The molecule has 0 unspecified atom stereocenters. The zero-order valence-corrected chi connectivity index (χ0v) is 11.0. The third-order valence-corrected chi connectivity index (χ3v) is 3.75. The first-order valence-corrected chi connectivity index (χ1v) is 6.20. The van der Waals surface area contributed by atoms with Crippen LogP contribution in [-0.2, 0) is 0 Å². The molecule has 1 aromatic rings. The molecule has 1 fully saturated rings. The maximum absolute atomic E-state index is 11.0. The van der Waals surface area contributed by atoms with Gasteiger partial charge in [0.15, 0.2) is 6.29 Å². The Balaban J connectivity index is 2.26. The van der Waals surface area contributed by atoms with Crippen molar-refractivity contribution in [3.63, 3.8) is 0 Å². The molecule has 0 N–H and O–H groups in total. The van der Waals surface area contributed by atoms with E-state index < -0.39 is 0 Å². The molecule has 1 aliphatic rings. The summed E-state index contributed by atoms with van der Waals surface area (Å²) in [7, 11) is 0. The van der Waals surface area contributed by atoms with Crippen LogP contribution in [0.3, 0.4) is 0 Å². The minimum absolute atomic E-state index is 0.522. The molecule has 0 saturated carbocycles. The molecule has 0 radical (unpaired) electrons. The number of piperazine rings is 1. The number of hydrogen-bond acceptors (Lipinski definition) is 3. The van der Waals surface area contributed by atoms with Gasteiger partial charge in [-0.1, -0.05) is 17.7 Å². The zero-order valence-electron chi connectivity index (χ0n) is 8.70. The van der Waals surface area contributed by atoms with E-state index in [-0.39, 0.29) is 0 Å². The summed E-state index contributed by atoms with van der Waals surface area (Å²) in [5.41, 5.74) is 1.52. The minimum Gasteiger partial charge on any atom is -0.368 e. The van der Waals surface area contributed by atoms with E-state index in [0.29, 0.717) is 10.6 Å². The molecule has 1 heterocycles. The van der Waals surface area contributed by atoms with Gasteiger partial charge in [-0.05, 0) is 12.1 Å². The van der Waals surface area contributed by atoms with E-state index in [1.54, 1.807) is 6.07 Å². The number of carbonyl (C=O) groups excluding carboxylic acids is 1. The van der Waals surface area contributed by atoms with Crippen LogP contribution in [0.5, 0.6) is 0 Å². The van der Waals surface area contributed by atoms with Gasteiger partial charge in [0.05, 0.1) is 10.6 Å². The van der Waals surface area contributed by atoms with Gasteiger partial charge in [0.2, 0.25) is 0 Å². The van der Waals surface area contributed by atoms with Crippen molar-refractivity contribution >= 4 is 39.7 Å². The van der Waals surface area contributed by atoms with Crippen LogP contribution in [0, 0.1) is 0 Å². The Hall–Kier alpha value is -0.580. The second-order valence-electron chi connectivity index (χ2n) is 3.69. The van der Waals surface area contributed by atoms with Gasteiger partial charge in [0, 0.05) is 48.0 Å². The maximum atomic E-state index is 11.0. The average molecular weight is 304 g/mol. The van der Waals surface area contributed by atoms with Crippen LogP contribution in [0.2, 0.25) is 5.02 Å². The summed E-state index contributed by atoms with van der Waals surface area (Å²) in [4.78, 5) is 13.2. The zero-order chi connectivity index (χ0) is 11.5. The lowest BCUT2D eigenvalue weighted by Gasteiger charge is -2.33. The molecule has 3 nitrogen and oxygen atoms in total. The molecular formula is C11H12BrClN2O. The van der Waals surface area contributed by atoms with Crippen molar-refractivity contribution in [2.75, 3.05) is 31.1 Å². The van der Waals surface area contributed by atoms with Crippen molar-refractivity contribution in [2.24, 2.45) is 0 Å². The highest BCUT2D eigenvalue weighted by Gasteiger charge is 2.18. The Morgan fingerprint density at radius 2 is 1.94 bits per heavy atom. The molecule has 86 valence electrons. The van der Waals surface area contributed by atoms with Gasteiger partial charge in [-0.25, -0.2) is 3.93 Å². The molecule has 1 aliphatic heterocycles. The average Bonchev–Trinajstić information content (AvgIpc) is 2.30. The molecule has 1 aromatic carbocycles. The van der Waals surface area contributed by atoms with Crippen LogP contribution in [0.15, 0.2) is 18.2 Å². The second-order valence-corrected chi connectivity index (χ2v) is 5.10. The fourth-order valence-corrected chi connectivity index (χ4v) is 2.37. The van der Waals surface area contributed by atoms with Crippen LogP contribution < -0.4 is 4.90 Å². The SMILES string of the molecule is O=Cc1c(Cl)cccc1N1CCN(Br)CC1. The van der Waals surface area contributed by atoms with Gasteiger partial charge in [-0.3, -0.25) is 4.79 Å². The lowest BCUT2D eigenvalue weighted by Crippen LogP contribution is -2.42. The van der Waals surface area contributed by atoms with Crippen molar-refractivity contribution in [1.29, 1.82) is 0 Å². The van der Waals surface area contributed by atoms with Gasteiger partial charge in [-0.15, -0.1) is 0 Å². The van der Waals surface area contributed by atoms with Gasteiger partial charge < -0.3 is 4.90 Å². The van der Waals surface area contributed by atoms with E-state index in [1.807, 2.05) is 12.1 Å². The lowest BCUT2D eigenvalue weighted by atomic mass is 10.1. The normalized spacial score (nSPS) is 17.5. The third-order valence-electron chi connectivity index (χ3n) is 2.71. The quantitative estimate of drug-likeness (QED) is 0.620. The molecule has 0 amide bonds. The first-order chi connectivity index (χ1) is 7.72. The molecule has 5 heteroatoms. The summed E-state index contributed by atoms with van der Waals surface area (Å²) in [5.74, 6) is 0. The van der Waals surface area contributed by atoms with Gasteiger partial charge in [0.1, 0.15) is 0 Å². The Labute approximate surface area is 108 Å². The summed E-state index contributed by atoms with van der Waals surface area (Å²) in [6, 6.07) is 5.57. The fourth-order valence-electron chi connectivity index (χ4n) is 1.84. The van der Waals surface area contributed by atoms with Crippen LogP contribution in [0.4, 0.5) is 5.69 Å². The van der Waals surface area contributed by atoms with Crippen LogP contribution >= 0.6 is 27.7 Å². The molecule has 1 saturated heterocycles. The number of rotatable bonds is 2. The molecule has 0 spiro atoms. The summed E-state index contributed by atoms with van der Waals surface area (Å²) < 4.78 is 2.09. The molecule has 16 heavy (non-hydrogen) atoms. The fraction of sp³-hybridized carbons (Fsp3) is 0.364. The first-order valence-electron chi connectivity index (χ1n) is 5.11. The topological polar surface area (TPSA) is 23.6 Å². The molecule has 2 rings (SSSR count). The van der Waals surface area contributed by atoms with E-state index in [0.717, 1.165) is 38.2 Å². The van der Waals surface area contributed by atoms with Crippen LogP contribution in [0.1, 0.15) is 10.4 Å². The number of anilines is 1. The third kappa shape index (κ3) is 2.39. The molecule has 0 bridgehead atoms. The molecule has 0 aromatic heterocycles. The van der Waals surface area contributed by atoms with Crippen molar-refractivity contribution in [2.45, 2.75) is 0 Å². The summed E-state index contributed by atoms with van der Waals surface area (Å²) in [5, 5.41) is 0.522. The lowest BCUT2D eigenvalue weighted by molar-refractivity contribution is 0.112. The predicted octanol–water partition coefficient (Wildman–Crippen LogP) is 2.58. The van der Waals surface area contributed by atoms with E-state index in [9.17, 15) is 4.79 Å². The number of hydrogen-bond donors (Lipinski definition) is 0. The van der Waals surface area contributed by atoms with E-state index in [2.05, 4.69) is 25.0 Å². The Bertz CT molecular complexity index is 392. The highest BCUT2D eigenvalue weighted by atomic mass is 79.9. The number of carbonyl (C=O) groups is 1. The second kappa shape index (κ2) is 5.17. The number of aldehydes is 1. The Morgan fingerprint density at radius 1 is 1.25 bits per heavy atom. The maximum Gasteiger partial charge on any atom is 0.153 e. The minimum atomic E-state index is 0.522. The highest BCUT2D eigenvalue weighted by molar-refractivity contribution is 9.07. The largest absolute Gasteiger partial charge is 0.368 e. The van der Waals surface area contributed by atoms with Gasteiger partial charge in [0.25, 0.3) is 0 Å².